The van der Waals surface area contributed by atoms with Crippen LogP contribution in [0.4, 0.5) is 0 Å². The summed E-state index contributed by atoms with van der Waals surface area (Å²) in [6.07, 6.45) is 4.04. The van der Waals surface area contributed by atoms with E-state index in [1.807, 2.05) is 30.3 Å². The molecule has 6 nitrogen and oxygen atoms in total. The zero-order valence-electron chi connectivity index (χ0n) is 12.9. The summed E-state index contributed by atoms with van der Waals surface area (Å²) in [7, 11) is 0. The predicted molar refractivity (Wildman–Crippen MR) is 85.9 cm³/mol. The molecule has 0 atom stereocenters. The largest absolute Gasteiger partial charge is 0.354 e. The van der Waals surface area contributed by atoms with E-state index >= 15 is 0 Å². The number of nitrogens with one attached hydrogen (secondary N) is 1. The first-order valence-corrected chi connectivity index (χ1v) is 8.26. The van der Waals surface area contributed by atoms with Crippen molar-refractivity contribution < 1.29 is 4.79 Å². The summed E-state index contributed by atoms with van der Waals surface area (Å²) < 4.78 is 3.28. The van der Waals surface area contributed by atoms with E-state index in [4.69, 9.17) is 0 Å². The average Bonchev–Trinajstić information content (AvgIpc) is 3.47. The normalized spacial score (nSPS) is 17.2. The van der Waals surface area contributed by atoms with E-state index in [-0.39, 0.29) is 23.6 Å². The van der Waals surface area contributed by atoms with Crippen molar-refractivity contribution in [1.82, 2.24) is 19.7 Å². The van der Waals surface area contributed by atoms with Gasteiger partial charge in [-0.3, -0.25) is 9.36 Å². The fraction of sp³-hybridized carbons (Fsp3) is 0.471. The van der Waals surface area contributed by atoms with Crippen molar-refractivity contribution in [1.29, 1.82) is 0 Å². The Morgan fingerprint density at radius 2 is 1.91 bits per heavy atom. The topological polar surface area (TPSA) is 68.9 Å². The number of benzene rings is 1. The number of aromatic nitrogens is 3. The van der Waals surface area contributed by atoms with Crippen LogP contribution in [-0.2, 0) is 11.3 Å². The van der Waals surface area contributed by atoms with Crippen molar-refractivity contribution in [2.24, 2.45) is 5.92 Å². The molecule has 2 aliphatic rings. The van der Waals surface area contributed by atoms with E-state index in [0.717, 1.165) is 37.1 Å². The highest BCUT2D eigenvalue weighted by Crippen LogP contribution is 2.36. The predicted octanol–water partition coefficient (Wildman–Crippen LogP) is 1.57. The lowest BCUT2D eigenvalue weighted by atomic mass is 10.2. The molecule has 23 heavy (non-hydrogen) atoms. The molecule has 1 aromatic carbocycles. The van der Waals surface area contributed by atoms with Gasteiger partial charge in [0.1, 0.15) is 0 Å². The molecule has 120 valence electrons. The highest BCUT2D eigenvalue weighted by atomic mass is 16.2. The lowest BCUT2D eigenvalue weighted by Crippen LogP contribution is -2.32. The molecule has 2 aromatic rings. The van der Waals surface area contributed by atoms with E-state index in [1.165, 1.54) is 4.68 Å². The third-order valence-electron chi connectivity index (χ3n) is 4.39. The summed E-state index contributed by atoms with van der Waals surface area (Å²) in [4.78, 5) is 24.3. The maximum atomic E-state index is 12.6. The van der Waals surface area contributed by atoms with Gasteiger partial charge in [0.2, 0.25) is 5.91 Å². The Labute approximate surface area is 134 Å². The zero-order chi connectivity index (χ0) is 15.8. The van der Waals surface area contributed by atoms with Crippen molar-refractivity contribution in [3.05, 3.63) is 40.8 Å². The number of nitrogens with zero attached hydrogens (tertiary/aromatic N) is 3. The van der Waals surface area contributed by atoms with Crippen LogP contribution in [-0.4, -0.2) is 26.8 Å². The Kier molecular flexibility index (Phi) is 3.52. The van der Waals surface area contributed by atoms with Crippen LogP contribution in [0.25, 0.3) is 11.4 Å². The fourth-order valence-electron chi connectivity index (χ4n) is 2.79. The monoisotopic (exact) mass is 312 g/mol. The van der Waals surface area contributed by atoms with E-state index in [2.05, 4.69) is 10.4 Å². The Hall–Kier alpha value is -2.37. The molecule has 1 amide bonds. The molecule has 1 heterocycles. The fourth-order valence-corrected chi connectivity index (χ4v) is 2.79. The average molecular weight is 312 g/mol. The molecule has 0 unspecified atom stereocenters. The summed E-state index contributed by atoms with van der Waals surface area (Å²) in [6.45, 7) is 0.863. The van der Waals surface area contributed by atoms with Crippen LogP contribution in [0.1, 0.15) is 31.7 Å². The highest BCUT2D eigenvalue weighted by molar-refractivity contribution is 5.80. The van der Waals surface area contributed by atoms with Crippen molar-refractivity contribution in [2.45, 2.75) is 38.3 Å². The lowest BCUT2D eigenvalue weighted by molar-refractivity contribution is -0.122. The Morgan fingerprint density at radius 1 is 1.17 bits per heavy atom. The van der Waals surface area contributed by atoms with Crippen LogP contribution in [0.15, 0.2) is 35.1 Å². The second kappa shape index (κ2) is 5.68. The van der Waals surface area contributed by atoms with E-state index < -0.39 is 0 Å². The van der Waals surface area contributed by atoms with E-state index in [1.54, 1.807) is 4.57 Å². The quantitative estimate of drug-likeness (QED) is 0.880. The van der Waals surface area contributed by atoms with Gasteiger partial charge in [-0.05, 0) is 25.7 Å². The Balaban J connectivity index is 1.55. The standard InChI is InChI=1S/C17H20N4O2/c22-16(13-6-7-13)18-10-11-20-17(23)21(14-8-9-14)15(19-20)12-4-2-1-3-5-12/h1-5,13-14H,6-11H2,(H,18,22). The van der Waals surface area contributed by atoms with Gasteiger partial charge in [0.15, 0.2) is 5.82 Å². The summed E-state index contributed by atoms with van der Waals surface area (Å²) in [5.41, 5.74) is 0.879. The smallest absolute Gasteiger partial charge is 0.346 e. The minimum Gasteiger partial charge on any atom is -0.354 e. The molecule has 0 radical (unpaired) electrons. The van der Waals surface area contributed by atoms with Crippen LogP contribution in [0, 0.1) is 5.92 Å². The molecule has 0 spiro atoms. The Morgan fingerprint density at radius 3 is 2.57 bits per heavy atom. The SMILES string of the molecule is O=C(NCCn1nc(-c2ccccc2)n(C2CC2)c1=O)C1CC1. The van der Waals surface area contributed by atoms with Gasteiger partial charge in [-0.1, -0.05) is 30.3 Å². The molecule has 2 saturated carbocycles. The molecule has 6 heteroatoms. The van der Waals surface area contributed by atoms with Crippen molar-refractivity contribution in [2.75, 3.05) is 6.54 Å². The van der Waals surface area contributed by atoms with Gasteiger partial charge in [0.25, 0.3) is 0 Å². The van der Waals surface area contributed by atoms with E-state index in [9.17, 15) is 9.59 Å². The lowest BCUT2D eigenvalue weighted by Gasteiger charge is -2.03. The van der Waals surface area contributed by atoms with Crippen molar-refractivity contribution in [3.63, 3.8) is 0 Å². The van der Waals surface area contributed by atoms with Crippen LogP contribution in [0.3, 0.4) is 0 Å². The van der Waals surface area contributed by atoms with Crippen molar-refractivity contribution in [3.8, 4) is 11.4 Å². The third-order valence-corrected chi connectivity index (χ3v) is 4.39. The number of hydrogen-bond acceptors (Lipinski definition) is 3. The molecule has 0 bridgehead atoms. The van der Waals surface area contributed by atoms with Crippen LogP contribution < -0.4 is 11.0 Å². The highest BCUT2D eigenvalue weighted by Gasteiger charge is 2.31. The number of hydrogen-bond donors (Lipinski definition) is 1. The number of carbonyl (C=O) groups is 1. The van der Waals surface area contributed by atoms with Crippen molar-refractivity contribution >= 4 is 5.91 Å². The summed E-state index contributed by atoms with van der Waals surface area (Å²) in [6, 6.07) is 10.1. The summed E-state index contributed by atoms with van der Waals surface area (Å²) in [5.74, 6) is 1.02. The first-order valence-electron chi connectivity index (χ1n) is 8.26. The minimum atomic E-state index is -0.0768. The maximum absolute atomic E-state index is 12.6. The van der Waals surface area contributed by atoms with Crippen LogP contribution in [0.5, 0.6) is 0 Å². The second-order valence-corrected chi connectivity index (χ2v) is 6.36. The molecule has 4 rings (SSSR count). The van der Waals surface area contributed by atoms with Gasteiger partial charge < -0.3 is 5.32 Å². The van der Waals surface area contributed by atoms with Gasteiger partial charge in [0.05, 0.1) is 6.54 Å². The minimum absolute atomic E-state index is 0.0768. The third kappa shape index (κ3) is 2.93. The molecular weight excluding hydrogens is 292 g/mol. The zero-order valence-corrected chi connectivity index (χ0v) is 12.9. The summed E-state index contributed by atoms with van der Waals surface area (Å²) in [5, 5.41) is 7.40. The molecule has 2 fully saturated rings. The molecule has 0 aliphatic heterocycles. The molecular formula is C17H20N4O2. The number of rotatable bonds is 6. The number of carbonyl (C=O) groups excluding carboxylic acids is 1. The number of amides is 1. The molecule has 2 aliphatic carbocycles. The first kappa shape index (κ1) is 14.2. The van der Waals surface area contributed by atoms with Crippen LogP contribution >= 0.6 is 0 Å². The van der Waals surface area contributed by atoms with Gasteiger partial charge in [-0.15, -0.1) is 5.10 Å². The molecule has 1 aromatic heterocycles. The molecule has 1 N–H and O–H groups in total. The summed E-state index contributed by atoms with van der Waals surface area (Å²) >= 11 is 0. The van der Waals surface area contributed by atoms with Gasteiger partial charge >= 0.3 is 5.69 Å². The van der Waals surface area contributed by atoms with Gasteiger partial charge in [-0.2, -0.15) is 0 Å². The Bertz CT molecular complexity index is 770. The van der Waals surface area contributed by atoms with Gasteiger partial charge in [-0.25, -0.2) is 9.48 Å². The maximum Gasteiger partial charge on any atom is 0.346 e. The first-order chi connectivity index (χ1) is 11.2. The second-order valence-electron chi connectivity index (χ2n) is 6.36. The van der Waals surface area contributed by atoms with Gasteiger partial charge in [0, 0.05) is 24.1 Å². The van der Waals surface area contributed by atoms with Crippen LogP contribution in [0.2, 0.25) is 0 Å². The molecule has 0 saturated heterocycles. The van der Waals surface area contributed by atoms with E-state index in [0.29, 0.717) is 13.1 Å².